The lowest BCUT2D eigenvalue weighted by atomic mass is 10.1. The van der Waals surface area contributed by atoms with Crippen molar-refractivity contribution in [2.24, 2.45) is 0 Å². The van der Waals surface area contributed by atoms with Crippen LogP contribution in [0.4, 0.5) is 4.39 Å². The molecule has 0 spiro atoms. The molecule has 1 aliphatic carbocycles. The van der Waals surface area contributed by atoms with Crippen molar-refractivity contribution < 1.29 is 13.9 Å². The minimum atomic E-state index is -0.507. The Morgan fingerprint density at radius 3 is 2.52 bits per heavy atom. The van der Waals surface area contributed by atoms with Crippen molar-refractivity contribution in [3.8, 4) is 28.4 Å². The lowest BCUT2D eigenvalue weighted by Crippen LogP contribution is -2.21. The van der Waals surface area contributed by atoms with Crippen LogP contribution in [0.15, 0.2) is 30.3 Å². The van der Waals surface area contributed by atoms with Crippen molar-refractivity contribution in [3.63, 3.8) is 0 Å². The van der Waals surface area contributed by atoms with E-state index < -0.39 is 12.8 Å². The Kier molecular flexibility index (Phi) is 5.26. The average Bonchev–Trinajstić information content (AvgIpc) is 3.52. The molecule has 6 heteroatoms. The molecule has 162 valence electrons. The molecule has 1 saturated carbocycles. The number of nitrogens with zero attached hydrogens (tertiary/aromatic N) is 3. The second-order valence-electron chi connectivity index (χ2n) is 8.67. The van der Waals surface area contributed by atoms with Crippen LogP contribution in [0.3, 0.4) is 0 Å². The largest absolute Gasteiger partial charge is 0.490 e. The highest BCUT2D eigenvalue weighted by Crippen LogP contribution is 2.35. The summed E-state index contributed by atoms with van der Waals surface area (Å²) in [6.45, 7) is 6.50. The van der Waals surface area contributed by atoms with Gasteiger partial charge in [0.25, 0.3) is 0 Å². The van der Waals surface area contributed by atoms with Crippen LogP contribution in [0.1, 0.15) is 35.5 Å². The lowest BCUT2D eigenvalue weighted by Gasteiger charge is -2.15. The van der Waals surface area contributed by atoms with Gasteiger partial charge in [-0.15, -0.1) is 0 Å². The summed E-state index contributed by atoms with van der Waals surface area (Å²) < 4.78 is 27.5. The van der Waals surface area contributed by atoms with Gasteiger partial charge in [0.15, 0.2) is 0 Å². The molecule has 3 aromatic rings. The third kappa shape index (κ3) is 4.09. The summed E-state index contributed by atoms with van der Waals surface area (Å²) in [6, 6.07) is 10.3. The predicted octanol–water partition coefficient (Wildman–Crippen LogP) is 4.99. The Balaban J connectivity index is 1.62. The first-order valence-corrected chi connectivity index (χ1v) is 11.0. The first-order valence-electron chi connectivity index (χ1n) is 11.0. The van der Waals surface area contributed by atoms with Gasteiger partial charge in [-0.3, -0.25) is 4.98 Å². The summed E-state index contributed by atoms with van der Waals surface area (Å²) >= 11 is 0. The van der Waals surface area contributed by atoms with Crippen LogP contribution in [0.5, 0.6) is 5.75 Å². The molecule has 1 fully saturated rings. The highest BCUT2D eigenvalue weighted by Gasteiger charge is 2.27. The topological polar surface area (TPSA) is 49.2 Å². The van der Waals surface area contributed by atoms with Gasteiger partial charge in [0.1, 0.15) is 24.4 Å². The Morgan fingerprint density at radius 2 is 1.84 bits per heavy atom. The van der Waals surface area contributed by atoms with Gasteiger partial charge in [-0.1, -0.05) is 0 Å². The van der Waals surface area contributed by atoms with Crippen LogP contribution in [-0.2, 0) is 17.7 Å². The smallest absolute Gasteiger partial charge is 0.140 e. The highest BCUT2D eigenvalue weighted by atomic mass is 19.1. The zero-order valence-electron chi connectivity index (χ0n) is 18.3. The van der Waals surface area contributed by atoms with Gasteiger partial charge in [-0.05, 0) is 69.5 Å². The van der Waals surface area contributed by atoms with Gasteiger partial charge >= 0.3 is 0 Å². The summed E-state index contributed by atoms with van der Waals surface area (Å²) in [6.07, 6.45) is 2.86. The zero-order chi connectivity index (χ0) is 21.5. The van der Waals surface area contributed by atoms with Crippen molar-refractivity contribution in [1.82, 2.24) is 14.5 Å². The third-order valence-electron chi connectivity index (χ3n) is 5.93. The van der Waals surface area contributed by atoms with E-state index in [9.17, 15) is 4.39 Å². The molecule has 0 amide bonds. The van der Waals surface area contributed by atoms with Crippen LogP contribution < -0.4 is 4.74 Å². The van der Waals surface area contributed by atoms with E-state index in [0.29, 0.717) is 25.7 Å². The number of alkyl halides is 1. The Hall–Kier alpha value is -2.73. The molecule has 2 aromatic heterocycles. The SMILES string of the molecule is Cc1cc(-c2nc(-c3ccc(OC4CC4)c(C)c3)n3c2CCOC(CF)C3)cc(C)n1. The van der Waals surface area contributed by atoms with E-state index >= 15 is 0 Å². The van der Waals surface area contributed by atoms with Gasteiger partial charge in [-0.2, -0.15) is 0 Å². The molecule has 0 bridgehead atoms. The first-order chi connectivity index (χ1) is 15.0. The lowest BCUT2D eigenvalue weighted by molar-refractivity contribution is 0.0355. The van der Waals surface area contributed by atoms with Crippen molar-refractivity contribution in [2.45, 2.75) is 58.8 Å². The number of aryl methyl sites for hydroxylation is 3. The summed E-state index contributed by atoms with van der Waals surface area (Å²) in [5, 5.41) is 0. The number of benzene rings is 1. The number of hydrogen-bond donors (Lipinski definition) is 0. The zero-order valence-corrected chi connectivity index (χ0v) is 18.3. The molecule has 5 nitrogen and oxygen atoms in total. The number of ether oxygens (including phenoxy) is 2. The maximum Gasteiger partial charge on any atom is 0.140 e. The van der Waals surface area contributed by atoms with E-state index in [1.54, 1.807) is 0 Å². The number of fused-ring (bicyclic) bond motifs is 1. The second-order valence-corrected chi connectivity index (χ2v) is 8.67. The van der Waals surface area contributed by atoms with Crippen LogP contribution in [0.25, 0.3) is 22.6 Å². The summed E-state index contributed by atoms with van der Waals surface area (Å²) in [4.78, 5) is 9.59. The fourth-order valence-corrected chi connectivity index (χ4v) is 4.32. The molecule has 1 atom stereocenters. The van der Waals surface area contributed by atoms with E-state index in [1.807, 2.05) is 19.9 Å². The maximum atomic E-state index is 13.6. The third-order valence-corrected chi connectivity index (χ3v) is 5.93. The standard InChI is InChI=1S/C25H28FN3O2/c1-15-10-18(4-7-23(15)31-20-5-6-20)25-28-24(19-11-16(2)27-17(3)12-19)22-8-9-30-21(13-26)14-29(22)25/h4,7,10-12,20-21H,5-6,8-9,13-14H2,1-3H3. The second kappa shape index (κ2) is 8.08. The number of hydrogen-bond acceptors (Lipinski definition) is 4. The van der Waals surface area contributed by atoms with Crippen LogP contribution in [0.2, 0.25) is 0 Å². The van der Waals surface area contributed by atoms with Gasteiger partial charge in [0, 0.05) is 34.6 Å². The molecule has 5 rings (SSSR count). The number of halogens is 1. The van der Waals surface area contributed by atoms with E-state index in [-0.39, 0.29) is 0 Å². The van der Waals surface area contributed by atoms with E-state index in [2.05, 4.69) is 40.7 Å². The molecule has 0 radical (unpaired) electrons. The van der Waals surface area contributed by atoms with Crippen LogP contribution in [-0.4, -0.2) is 40.0 Å². The normalized spacial score (nSPS) is 18.5. The molecule has 1 aliphatic heterocycles. The Labute approximate surface area is 182 Å². The van der Waals surface area contributed by atoms with Gasteiger partial charge in [-0.25, -0.2) is 9.37 Å². The van der Waals surface area contributed by atoms with Crippen molar-refractivity contribution in [1.29, 1.82) is 0 Å². The molecule has 1 aromatic carbocycles. The molecule has 0 N–H and O–H groups in total. The molecular formula is C25H28FN3O2. The summed E-state index contributed by atoms with van der Waals surface area (Å²) in [5.74, 6) is 1.78. The number of rotatable bonds is 5. The van der Waals surface area contributed by atoms with Crippen molar-refractivity contribution in [3.05, 3.63) is 53.0 Å². The molecular weight excluding hydrogens is 393 g/mol. The Bertz CT molecular complexity index is 1100. The van der Waals surface area contributed by atoms with Crippen molar-refractivity contribution in [2.75, 3.05) is 13.3 Å². The van der Waals surface area contributed by atoms with E-state index in [4.69, 9.17) is 14.5 Å². The van der Waals surface area contributed by atoms with Crippen molar-refractivity contribution >= 4 is 0 Å². The molecule has 0 saturated heterocycles. The average molecular weight is 422 g/mol. The minimum absolute atomic E-state index is 0.361. The van der Waals surface area contributed by atoms with Crippen LogP contribution in [0, 0.1) is 20.8 Å². The Morgan fingerprint density at radius 1 is 1.06 bits per heavy atom. The van der Waals surface area contributed by atoms with E-state index in [1.165, 1.54) is 0 Å². The molecule has 31 heavy (non-hydrogen) atoms. The quantitative estimate of drug-likeness (QED) is 0.582. The monoisotopic (exact) mass is 421 g/mol. The summed E-state index contributed by atoms with van der Waals surface area (Å²) in [7, 11) is 0. The van der Waals surface area contributed by atoms with Gasteiger partial charge < -0.3 is 14.0 Å². The maximum absolute atomic E-state index is 13.6. The fraction of sp³-hybridized carbons (Fsp3) is 0.440. The molecule has 3 heterocycles. The highest BCUT2D eigenvalue weighted by molar-refractivity contribution is 5.70. The van der Waals surface area contributed by atoms with E-state index in [0.717, 1.165) is 63.9 Å². The number of imidazole rings is 1. The van der Waals surface area contributed by atoms with Gasteiger partial charge in [0.05, 0.1) is 24.9 Å². The number of pyridine rings is 1. The predicted molar refractivity (Wildman–Crippen MR) is 118 cm³/mol. The molecule has 2 aliphatic rings. The number of aromatic nitrogens is 3. The first kappa shape index (κ1) is 20.2. The fourth-order valence-electron chi connectivity index (χ4n) is 4.32. The van der Waals surface area contributed by atoms with Gasteiger partial charge in [0.2, 0.25) is 0 Å². The molecule has 1 unspecified atom stereocenters. The van der Waals surface area contributed by atoms with Crippen LogP contribution >= 0.6 is 0 Å². The summed E-state index contributed by atoms with van der Waals surface area (Å²) in [5.41, 5.74) is 7.09. The minimum Gasteiger partial charge on any atom is -0.490 e.